The number of carbonyl (C=O) groups is 1. The molecule has 0 radical (unpaired) electrons. The third-order valence-corrected chi connectivity index (χ3v) is 4.88. The van der Waals surface area contributed by atoms with Gasteiger partial charge in [-0.3, -0.25) is 4.79 Å². The number of carbonyl (C=O) groups excluding carboxylic acids is 1. The normalized spacial score (nSPS) is 12.2. The van der Waals surface area contributed by atoms with Gasteiger partial charge in [0.25, 0.3) is 5.91 Å². The molecule has 7 heteroatoms. The number of pyridine rings is 1. The number of aryl methyl sites for hydroxylation is 3. The van der Waals surface area contributed by atoms with E-state index in [-0.39, 0.29) is 18.6 Å². The summed E-state index contributed by atoms with van der Waals surface area (Å²) in [5.74, 6) is 0.612. The summed E-state index contributed by atoms with van der Waals surface area (Å²) in [6, 6.07) is 12.1. The number of aromatic nitrogens is 3. The van der Waals surface area contributed by atoms with E-state index in [9.17, 15) is 4.79 Å². The van der Waals surface area contributed by atoms with Crippen molar-refractivity contribution in [2.45, 2.75) is 33.7 Å². The molecule has 29 heavy (non-hydrogen) atoms. The molecule has 154 valence electrons. The van der Waals surface area contributed by atoms with Gasteiger partial charge in [-0.2, -0.15) is 0 Å². The Balaban J connectivity index is 1.59. The standard InChI is InChI=1S/C22H29N5O2/c1-14(2)18(25-17-9-7-6-8-10-17)12-23-19(28)13-29-22-20-15(3)11-16(4)24-21(20)27(5)26-22/h6-11,14,18,25H,12-13H2,1-5H3,(H,23,28)/t18-/m1/s1. The summed E-state index contributed by atoms with van der Waals surface area (Å²) in [4.78, 5) is 16.9. The number of hydrogen-bond acceptors (Lipinski definition) is 5. The summed E-state index contributed by atoms with van der Waals surface area (Å²) >= 11 is 0. The minimum Gasteiger partial charge on any atom is -0.466 e. The Labute approximate surface area is 171 Å². The Morgan fingerprint density at radius 2 is 1.93 bits per heavy atom. The number of para-hydroxylation sites is 1. The van der Waals surface area contributed by atoms with Crippen molar-refractivity contribution in [3.8, 4) is 5.88 Å². The first-order valence-corrected chi connectivity index (χ1v) is 9.87. The van der Waals surface area contributed by atoms with E-state index in [0.29, 0.717) is 18.3 Å². The van der Waals surface area contributed by atoms with Gasteiger partial charge in [-0.05, 0) is 43.5 Å². The highest BCUT2D eigenvalue weighted by atomic mass is 16.5. The highest BCUT2D eigenvalue weighted by molar-refractivity contribution is 5.85. The smallest absolute Gasteiger partial charge is 0.258 e. The third kappa shape index (κ3) is 5.04. The van der Waals surface area contributed by atoms with Crippen LogP contribution in [0.5, 0.6) is 5.88 Å². The molecule has 1 atom stereocenters. The molecule has 7 nitrogen and oxygen atoms in total. The van der Waals surface area contributed by atoms with Gasteiger partial charge in [-0.1, -0.05) is 32.0 Å². The Morgan fingerprint density at radius 3 is 2.62 bits per heavy atom. The average Bonchev–Trinajstić information content (AvgIpc) is 3.00. The molecule has 0 saturated heterocycles. The second-order valence-corrected chi connectivity index (χ2v) is 7.66. The lowest BCUT2D eigenvalue weighted by Gasteiger charge is -2.24. The van der Waals surface area contributed by atoms with Gasteiger partial charge < -0.3 is 15.4 Å². The molecular formula is C22H29N5O2. The lowest BCUT2D eigenvalue weighted by atomic mass is 10.0. The number of hydrogen-bond donors (Lipinski definition) is 2. The van der Waals surface area contributed by atoms with E-state index in [1.165, 1.54) is 0 Å². The van der Waals surface area contributed by atoms with Crippen LogP contribution in [0.1, 0.15) is 25.1 Å². The monoisotopic (exact) mass is 395 g/mol. The third-order valence-electron chi connectivity index (χ3n) is 4.88. The summed E-state index contributed by atoms with van der Waals surface area (Å²) in [6.45, 7) is 8.62. The predicted molar refractivity (Wildman–Crippen MR) is 115 cm³/mol. The van der Waals surface area contributed by atoms with Crippen molar-refractivity contribution in [1.82, 2.24) is 20.1 Å². The zero-order chi connectivity index (χ0) is 21.0. The van der Waals surface area contributed by atoms with E-state index in [1.807, 2.05) is 57.3 Å². The first kappa shape index (κ1) is 20.6. The van der Waals surface area contributed by atoms with Crippen LogP contribution in [0.4, 0.5) is 5.69 Å². The van der Waals surface area contributed by atoms with E-state index in [1.54, 1.807) is 4.68 Å². The van der Waals surface area contributed by atoms with Crippen molar-refractivity contribution in [3.63, 3.8) is 0 Å². The summed E-state index contributed by atoms with van der Waals surface area (Å²) in [7, 11) is 1.82. The summed E-state index contributed by atoms with van der Waals surface area (Å²) < 4.78 is 7.41. The fourth-order valence-corrected chi connectivity index (χ4v) is 3.26. The van der Waals surface area contributed by atoms with Gasteiger partial charge in [0.15, 0.2) is 12.3 Å². The van der Waals surface area contributed by atoms with Crippen LogP contribution in [0.2, 0.25) is 0 Å². The van der Waals surface area contributed by atoms with Gasteiger partial charge in [0.2, 0.25) is 5.88 Å². The molecule has 2 N–H and O–H groups in total. The SMILES string of the molecule is Cc1cc(C)c2c(OCC(=O)NC[C@@H](Nc3ccccc3)C(C)C)nn(C)c2n1. The molecule has 0 bridgehead atoms. The molecule has 0 saturated carbocycles. The van der Waals surface area contributed by atoms with Gasteiger partial charge in [-0.15, -0.1) is 5.10 Å². The summed E-state index contributed by atoms with van der Waals surface area (Å²) in [6.07, 6.45) is 0. The predicted octanol–water partition coefficient (Wildman–Crippen LogP) is 3.22. The van der Waals surface area contributed by atoms with Crippen LogP contribution in [-0.4, -0.2) is 39.9 Å². The zero-order valence-electron chi connectivity index (χ0n) is 17.7. The van der Waals surface area contributed by atoms with Gasteiger partial charge >= 0.3 is 0 Å². The average molecular weight is 396 g/mol. The number of anilines is 1. The first-order chi connectivity index (χ1) is 13.8. The highest BCUT2D eigenvalue weighted by Gasteiger charge is 2.17. The number of ether oxygens (including phenoxy) is 1. The van der Waals surface area contributed by atoms with Crippen LogP contribution in [0.3, 0.4) is 0 Å². The van der Waals surface area contributed by atoms with Crippen molar-refractivity contribution in [2.24, 2.45) is 13.0 Å². The highest BCUT2D eigenvalue weighted by Crippen LogP contribution is 2.26. The summed E-state index contributed by atoms with van der Waals surface area (Å²) in [5.41, 5.74) is 3.75. The van der Waals surface area contributed by atoms with Gasteiger partial charge in [0.05, 0.1) is 5.39 Å². The Hall–Kier alpha value is -3.09. The minimum atomic E-state index is -0.179. The Kier molecular flexibility index (Phi) is 6.36. The quantitative estimate of drug-likeness (QED) is 0.612. The fourth-order valence-electron chi connectivity index (χ4n) is 3.26. The molecule has 2 heterocycles. The number of amides is 1. The van der Waals surface area contributed by atoms with E-state index in [2.05, 4.69) is 34.6 Å². The number of rotatable bonds is 8. The topological polar surface area (TPSA) is 81.1 Å². The van der Waals surface area contributed by atoms with Crippen LogP contribution in [0.25, 0.3) is 11.0 Å². The molecule has 0 unspecified atom stereocenters. The number of benzene rings is 1. The van der Waals surface area contributed by atoms with E-state index >= 15 is 0 Å². The van der Waals surface area contributed by atoms with Crippen molar-refractivity contribution in [1.29, 1.82) is 0 Å². The number of fused-ring (bicyclic) bond motifs is 1. The maximum Gasteiger partial charge on any atom is 0.258 e. The van der Waals surface area contributed by atoms with Crippen molar-refractivity contribution in [3.05, 3.63) is 47.7 Å². The molecule has 1 amide bonds. The number of nitrogens with one attached hydrogen (secondary N) is 2. The molecule has 3 rings (SSSR count). The first-order valence-electron chi connectivity index (χ1n) is 9.87. The Bertz CT molecular complexity index is 982. The molecule has 3 aromatic rings. The maximum absolute atomic E-state index is 12.4. The molecule has 0 aliphatic carbocycles. The van der Waals surface area contributed by atoms with Crippen LogP contribution in [0, 0.1) is 19.8 Å². The molecule has 2 aromatic heterocycles. The number of nitrogens with zero attached hydrogens (tertiary/aromatic N) is 3. The van der Waals surface area contributed by atoms with Gasteiger partial charge in [0.1, 0.15) is 0 Å². The minimum absolute atomic E-state index is 0.0877. The maximum atomic E-state index is 12.4. The van der Waals surface area contributed by atoms with Gasteiger partial charge in [-0.25, -0.2) is 9.67 Å². The molecule has 1 aromatic carbocycles. The molecule has 0 spiro atoms. The van der Waals surface area contributed by atoms with Crippen molar-refractivity contribution >= 4 is 22.6 Å². The molecule has 0 fully saturated rings. The van der Waals surface area contributed by atoms with Crippen LogP contribution in [-0.2, 0) is 11.8 Å². The van der Waals surface area contributed by atoms with E-state index in [4.69, 9.17) is 4.74 Å². The van der Waals surface area contributed by atoms with Crippen LogP contribution < -0.4 is 15.4 Å². The van der Waals surface area contributed by atoms with E-state index in [0.717, 1.165) is 28.0 Å². The van der Waals surface area contributed by atoms with Gasteiger partial charge in [0, 0.05) is 31.0 Å². The van der Waals surface area contributed by atoms with Crippen molar-refractivity contribution < 1.29 is 9.53 Å². The lowest BCUT2D eigenvalue weighted by Crippen LogP contribution is -2.41. The fraction of sp³-hybridized carbons (Fsp3) is 0.409. The second-order valence-electron chi connectivity index (χ2n) is 7.66. The largest absolute Gasteiger partial charge is 0.466 e. The zero-order valence-corrected chi connectivity index (χ0v) is 17.7. The van der Waals surface area contributed by atoms with Crippen LogP contribution >= 0.6 is 0 Å². The lowest BCUT2D eigenvalue weighted by molar-refractivity contribution is -0.123. The van der Waals surface area contributed by atoms with E-state index < -0.39 is 0 Å². The van der Waals surface area contributed by atoms with Crippen LogP contribution in [0.15, 0.2) is 36.4 Å². The second kappa shape index (κ2) is 8.94. The molecule has 0 aliphatic heterocycles. The Morgan fingerprint density at radius 1 is 1.21 bits per heavy atom. The van der Waals surface area contributed by atoms with Crippen molar-refractivity contribution in [2.75, 3.05) is 18.5 Å². The summed E-state index contributed by atoms with van der Waals surface area (Å²) in [5, 5.41) is 11.7. The molecular weight excluding hydrogens is 366 g/mol. The molecule has 0 aliphatic rings.